The first-order valence-corrected chi connectivity index (χ1v) is 12.2. The molecule has 1 heterocycles. The molecule has 34 heavy (non-hydrogen) atoms. The number of fused-ring (bicyclic) bond motifs is 1. The van der Waals surface area contributed by atoms with Gasteiger partial charge in [-0.15, -0.1) is 10.2 Å². The summed E-state index contributed by atoms with van der Waals surface area (Å²) in [6.07, 6.45) is 0. The van der Waals surface area contributed by atoms with E-state index in [9.17, 15) is 9.59 Å². The Morgan fingerprint density at radius 3 is 2.50 bits per heavy atom. The summed E-state index contributed by atoms with van der Waals surface area (Å²) in [7, 11) is 0. The second kappa shape index (κ2) is 10.5. The van der Waals surface area contributed by atoms with Crippen molar-refractivity contribution in [1.82, 2.24) is 20.1 Å². The highest BCUT2D eigenvalue weighted by molar-refractivity contribution is 7.99. The zero-order valence-electron chi connectivity index (χ0n) is 19.4. The fraction of sp³-hybridized carbons (Fsp3) is 0.231. The molecule has 0 unspecified atom stereocenters. The minimum Gasteiger partial charge on any atom is -0.342 e. The van der Waals surface area contributed by atoms with E-state index in [1.807, 2.05) is 86.0 Å². The van der Waals surface area contributed by atoms with Crippen LogP contribution in [0.15, 0.2) is 71.9 Å². The Kier molecular flexibility index (Phi) is 7.27. The van der Waals surface area contributed by atoms with E-state index in [1.165, 1.54) is 11.8 Å². The summed E-state index contributed by atoms with van der Waals surface area (Å²) in [6, 6.07) is 21.0. The van der Waals surface area contributed by atoms with E-state index in [-0.39, 0.29) is 23.6 Å². The van der Waals surface area contributed by atoms with Gasteiger partial charge in [-0.05, 0) is 55.3 Å². The summed E-state index contributed by atoms with van der Waals surface area (Å²) in [5.41, 5.74) is 2.31. The zero-order valence-corrected chi connectivity index (χ0v) is 20.2. The Morgan fingerprint density at radius 2 is 1.74 bits per heavy atom. The molecule has 0 aliphatic heterocycles. The van der Waals surface area contributed by atoms with Crippen LogP contribution in [0.2, 0.25) is 0 Å². The lowest BCUT2D eigenvalue weighted by molar-refractivity contribution is -0.113. The maximum Gasteiger partial charge on any atom is 0.252 e. The number of carbonyl (C=O) groups excluding carboxylic acids is 2. The van der Waals surface area contributed by atoms with Crippen LogP contribution in [0.1, 0.15) is 41.6 Å². The average Bonchev–Trinajstić information content (AvgIpc) is 3.26. The second-order valence-electron chi connectivity index (χ2n) is 7.99. The van der Waals surface area contributed by atoms with Gasteiger partial charge >= 0.3 is 0 Å². The minimum atomic E-state index is -0.333. The first kappa shape index (κ1) is 23.5. The average molecular weight is 474 g/mol. The van der Waals surface area contributed by atoms with Crippen LogP contribution < -0.4 is 10.6 Å². The number of nitrogens with zero attached hydrogens (tertiary/aromatic N) is 3. The Morgan fingerprint density at radius 1 is 1.00 bits per heavy atom. The van der Waals surface area contributed by atoms with Crippen molar-refractivity contribution in [3.8, 4) is 0 Å². The fourth-order valence-electron chi connectivity index (χ4n) is 3.79. The van der Waals surface area contributed by atoms with Crippen molar-refractivity contribution in [3.63, 3.8) is 0 Å². The maximum absolute atomic E-state index is 12.7. The number of anilines is 1. The van der Waals surface area contributed by atoms with E-state index < -0.39 is 0 Å². The molecular formula is C26H27N5O2S. The number of nitrogens with one attached hydrogen (secondary N) is 2. The van der Waals surface area contributed by atoms with Gasteiger partial charge in [0.25, 0.3) is 5.91 Å². The number of benzene rings is 3. The molecule has 0 saturated carbocycles. The molecule has 8 heteroatoms. The molecule has 0 bridgehead atoms. The van der Waals surface area contributed by atoms with Crippen molar-refractivity contribution < 1.29 is 9.59 Å². The van der Waals surface area contributed by atoms with Crippen LogP contribution in [0.25, 0.3) is 10.8 Å². The molecule has 2 amide bonds. The van der Waals surface area contributed by atoms with Gasteiger partial charge in [0.1, 0.15) is 0 Å². The number of aryl methyl sites for hydroxylation is 1. The molecule has 4 aromatic rings. The van der Waals surface area contributed by atoms with Crippen molar-refractivity contribution in [1.29, 1.82) is 0 Å². The molecule has 0 spiro atoms. The quantitative estimate of drug-likeness (QED) is 0.352. The first-order chi connectivity index (χ1) is 16.5. The molecule has 1 atom stereocenters. The van der Waals surface area contributed by atoms with Gasteiger partial charge in [0, 0.05) is 17.8 Å². The highest BCUT2D eigenvalue weighted by Crippen LogP contribution is 2.23. The number of carbonyl (C=O) groups is 2. The minimum absolute atomic E-state index is 0.117. The van der Waals surface area contributed by atoms with E-state index in [2.05, 4.69) is 20.8 Å². The van der Waals surface area contributed by atoms with Crippen LogP contribution in [0.4, 0.5) is 5.69 Å². The van der Waals surface area contributed by atoms with Gasteiger partial charge in [-0.3, -0.25) is 9.59 Å². The highest BCUT2D eigenvalue weighted by atomic mass is 32.2. The largest absolute Gasteiger partial charge is 0.342 e. The number of amides is 2. The normalized spacial score (nSPS) is 11.9. The molecule has 0 fully saturated rings. The molecule has 2 N–H and O–H groups in total. The second-order valence-corrected chi connectivity index (χ2v) is 8.94. The van der Waals surface area contributed by atoms with Crippen molar-refractivity contribution in [3.05, 3.63) is 83.7 Å². The third kappa shape index (κ3) is 5.28. The molecule has 0 radical (unpaired) electrons. The number of thioether (sulfide) groups is 1. The number of aromatic nitrogens is 3. The summed E-state index contributed by atoms with van der Waals surface area (Å²) >= 11 is 1.32. The topological polar surface area (TPSA) is 88.9 Å². The number of rotatable bonds is 8. The van der Waals surface area contributed by atoms with Gasteiger partial charge in [0.05, 0.1) is 11.8 Å². The summed E-state index contributed by atoms with van der Waals surface area (Å²) < 4.78 is 1.93. The van der Waals surface area contributed by atoms with Crippen molar-refractivity contribution in [2.75, 3.05) is 11.1 Å². The Labute approximate surface area is 203 Å². The van der Waals surface area contributed by atoms with Crippen LogP contribution in [0, 0.1) is 6.92 Å². The predicted octanol–water partition coefficient (Wildman–Crippen LogP) is 4.98. The third-order valence-electron chi connectivity index (χ3n) is 5.55. The van der Waals surface area contributed by atoms with Crippen LogP contribution in [-0.2, 0) is 11.3 Å². The van der Waals surface area contributed by atoms with Crippen molar-refractivity contribution in [2.45, 2.75) is 38.5 Å². The molecule has 1 aromatic heterocycles. The van der Waals surface area contributed by atoms with Crippen LogP contribution >= 0.6 is 11.8 Å². The SMILES string of the molecule is CCn1c(SCC(=O)Nc2ccc3ccccc3c2)nnc1[C@H](C)NC(=O)c1ccccc1C. The molecule has 0 aliphatic rings. The predicted molar refractivity (Wildman–Crippen MR) is 136 cm³/mol. The number of hydrogen-bond donors (Lipinski definition) is 2. The Balaban J connectivity index is 1.39. The van der Waals surface area contributed by atoms with Crippen molar-refractivity contribution >= 4 is 40.0 Å². The van der Waals surface area contributed by atoms with Crippen LogP contribution in [0.5, 0.6) is 0 Å². The van der Waals surface area contributed by atoms with E-state index in [1.54, 1.807) is 6.07 Å². The van der Waals surface area contributed by atoms with Gasteiger partial charge in [0.2, 0.25) is 5.91 Å². The van der Waals surface area contributed by atoms with Gasteiger partial charge in [-0.25, -0.2) is 0 Å². The lowest BCUT2D eigenvalue weighted by atomic mass is 10.1. The fourth-order valence-corrected chi connectivity index (χ4v) is 4.59. The van der Waals surface area contributed by atoms with Gasteiger partial charge in [0.15, 0.2) is 11.0 Å². The molecular weight excluding hydrogens is 446 g/mol. The third-order valence-corrected chi connectivity index (χ3v) is 6.52. The molecule has 0 aliphatic carbocycles. The highest BCUT2D eigenvalue weighted by Gasteiger charge is 2.20. The summed E-state index contributed by atoms with van der Waals surface area (Å²) in [4.78, 5) is 25.2. The van der Waals surface area contributed by atoms with Crippen molar-refractivity contribution in [2.24, 2.45) is 0 Å². The molecule has 0 saturated heterocycles. The molecule has 174 valence electrons. The monoisotopic (exact) mass is 473 g/mol. The van der Waals surface area contributed by atoms with Gasteiger partial charge in [-0.2, -0.15) is 0 Å². The summed E-state index contributed by atoms with van der Waals surface area (Å²) in [6.45, 7) is 6.41. The summed E-state index contributed by atoms with van der Waals surface area (Å²) in [5.74, 6) is 0.588. The van der Waals surface area contributed by atoms with E-state index in [4.69, 9.17) is 0 Å². The Hall–Kier alpha value is -3.65. The standard InChI is InChI=1S/C26H27N5O2S/c1-4-31-24(18(3)27-25(33)22-12-8-5-9-17(22)2)29-30-26(31)34-16-23(32)28-21-14-13-19-10-6-7-11-20(19)15-21/h5-15,18H,4,16H2,1-3H3,(H,27,33)(H,28,32)/t18-/m0/s1. The maximum atomic E-state index is 12.7. The van der Waals surface area contributed by atoms with Gasteiger partial charge in [-0.1, -0.05) is 60.3 Å². The van der Waals surface area contributed by atoms with Crippen LogP contribution in [0.3, 0.4) is 0 Å². The zero-order chi connectivity index (χ0) is 24.1. The molecule has 3 aromatic carbocycles. The summed E-state index contributed by atoms with van der Waals surface area (Å²) in [5, 5.41) is 17.4. The van der Waals surface area contributed by atoms with Gasteiger partial charge < -0.3 is 15.2 Å². The lowest BCUT2D eigenvalue weighted by Gasteiger charge is -2.16. The first-order valence-electron chi connectivity index (χ1n) is 11.2. The van der Waals surface area contributed by atoms with E-state index >= 15 is 0 Å². The molecule has 4 rings (SSSR count). The smallest absolute Gasteiger partial charge is 0.252 e. The number of hydrogen-bond acceptors (Lipinski definition) is 5. The van der Waals surface area contributed by atoms with E-state index in [0.717, 1.165) is 22.0 Å². The molecule has 7 nitrogen and oxygen atoms in total. The lowest BCUT2D eigenvalue weighted by Crippen LogP contribution is -2.29. The van der Waals surface area contributed by atoms with E-state index in [0.29, 0.717) is 23.1 Å². The van der Waals surface area contributed by atoms with Crippen LogP contribution in [-0.4, -0.2) is 32.3 Å². The Bertz CT molecular complexity index is 1330.